The maximum atomic E-state index is 12.1. The van der Waals surface area contributed by atoms with Gasteiger partial charge in [0, 0.05) is 22.3 Å². The Kier molecular flexibility index (Phi) is 3.30. The van der Waals surface area contributed by atoms with Gasteiger partial charge < -0.3 is 9.72 Å². The van der Waals surface area contributed by atoms with Crippen LogP contribution in [0.2, 0.25) is 0 Å². The van der Waals surface area contributed by atoms with Crippen molar-refractivity contribution in [1.29, 1.82) is 0 Å². The molecule has 0 saturated heterocycles. The molecule has 0 fully saturated rings. The molecule has 20 heavy (non-hydrogen) atoms. The summed E-state index contributed by atoms with van der Waals surface area (Å²) in [7, 11) is 0. The Hall–Kier alpha value is -2.47. The molecule has 0 atom stereocenters. The highest BCUT2D eigenvalue weighted by atomic mass is 32.1. The van der Waals surface area contributed by atoms with E-state index in [-0.39, 0.29) is 17.7 Å². The second-order valence-corrected chi connectivity index (χ2v) is 4.87. The van der Waals surface area contributed by atoms with Crippen LogP contribution in [0, 0.1) is 0 Å². The number of hydrogen-bond donors (Lipinski definition) is 1. The van der Waals surface area contributed by atoms with Crippen LogP contribution in [-0.4, -0.2) is 15.9 Å². The highest BCUT2D eigenvalue weighted by Crippen LogP contribution is 2.16. The van der Waals surface area contributed by atoms with E-state index in [2.05, 4.69) is 9.97 Å². The Balaban J connectivity index is 1.93. The number of benzene rings is 1. The third kappa shape index (κ3) is 2.46. The molecular formula is C14H10N2O3S. The number of para-hydroxylation sites is 1. The lowest BCUT2D eigenvalue weighted by Crippen LogP contribution is -2.12. The molecule has 3 rings (SSSR count). The Morgan fingerprint density at radius 1 is 1.35 bits per heavy atom. The van der Waals surface area contributed by atoms with Crippen LogP contribution in [0.15, 0.2) is 46.0 Å². The average Bonchev–Trinajstić information content (AvgIpc) is 2.97. The summed E-state index contributed by atoms with van der Waals surface area (Å²) in [6.45, 7) is 0.101. The van der Waals surface area contributed by atoms with Crippen LogP contribution in [0.25, 0.3) is 10.9 Å². The van der Waals surface area contributed by atoms with Crippen molar-refractivity contribution in [3.8, 4) is 0 Å². The van der Waals surface area contributed by atoms with Gasteiger partial charge in [0.05, 0.1) is 16.8 Å². The van der Waals surface area contributed by atoms with Crippen LogP contribution in [0.1, 0.15) is 16.1 Å². The topological polar surface area (TPSA) is 72.0 Å². The molecule has 0 aliphatic carbocycles. The lowest BCUT2D eigenvalue weighted by molar-refractivity contribution is 0.0470. The number of rotatable bonds is 3. The lowest BCUT2D eigenvalue weighted by atomic mass is 10.1. The van der Waals surface area contributed by atoms with E-state index in [0.717, 1.165) is 0 Å². The number of ether oxygens (including phenoxy) is 1. The Morgan fingerprint density at radius 3 is 3.00 bits per heavy atom. The second-order valence-electron chi connectivity index (χ2n) is 4.15. The van der Waals surface area contributed by atoms with Crippen molar-refractivity contribution in [2.24, 2.45) is 0 Å². The van der Waals surface area contributed by atoms with E-state index in [4.69, 9.17) is 4.74 Å². The van der Waals surface area contributed by atoms with Crippen molar-refractivity contribution in [3.05, 3.63) is 62.8 Å². The van der Waals surface area contributed by atoms with Gasteiger partial charge >= 0.3 is 5.97 Å². The molecule has 0 spiro atoms. The van der Waals surface area contributed by atoms with Crippen molar-refractivity contribution >= 4 is 28.2 Å². The number of carbonyl (C=O) groups is 1. The summed E-state index contributed by atoms with van der Waals surface area (Å²) in [5.74, 6) is -0.527. The number of esters is 1. The molecule has 0 aliphatic heterocycles. The van der Waals surface area contributed by atoms with Crippen LogP contribution in [0.3, 0.4) is 0 Å². The molecule has 1 N–H and O–H groups in total. The van der Waals surface area contributed by atoms with Gasteiger partial charge in [-0.25, -0.2) is 9.78 Å². The minimum atomic E-state index is -0.527. The number of fused-ring (bicyclic) bond motifs is 1. The van der Waals surface area contributed by atoms with E-state index in [0.29, 0.717) is 16.6 Å². The number of thiazole rings is 1. The largest absolute Gasteiger partial charge is 0.456 e. The van der Waals surface area contributed by atoms with E-state index < -0.39 is 5.97 Å². The van der Waals surface area contributed by atoms with Crippen LogP contribution in [-0.2, 0) is 11.3 Å². The van der Waals surface area contributed by atoms with E-state index in [1.165, 1.54) is 17.4 Å². The van der Waals surface area contributed by atoms with Gasteiger partial charge in [0.2, 0.25) is 5.56 Å². The maximum Gasteiger partial charge on any atom is 0.339 e. The quantitative estimate of drug-likeness (QED) is 0.750. The number of pyridine rings is 1. The van der Waals surface area contributed by atoms with Crippen molar-refractivity contribution in [1.82, 2.24) is 9.97 Å². The van der Waals surface area contributed by atoms with Crippen LogP contribution >= 0.6 is 11.3 Å². The molecule has 2 heterocycles. The maximum absolute atomic E-state index is 12.1. The van der Waals surface area contributed by atoms with E-state index >= 15 is 0 Å². The van der Waals surface area contributed by atoms with Gasteiger partial charge in [-0.15, -0.1) is 11.3 Å². The first-order chi connectivity index (χ1) is 9.74. The molecule has 0 radical (unpaired) electrons. The number of aromatic amines is 1. The smallest absolute Gasteiger partial charge is 0.339 e. The predicted molar refractivity (Wildman–Crippen MR) is 75.8 cm³/mol. The number of nitrogens with one attached hydrogen (secondary N) is 1. The molecular weight excluding hydrogens is 276 g/mol. The van der Waals surface area contributed by atoms with E-state index in [1.807, 2.05) is 5.38 Å². The molecule has 0 aliphatic rings. The van der Waals surface area contributed by atoms with Gasteiger partial charge in [0.25, 0.3) is 0 Å². The molecule has 0 amide bonds. The SMILES string of the molecule is O=C(OCc1cscn1)c1cc(=O)[nH]c2ccccc12. The molecule has 0 bridgehead atoms. The van der Waals surface area contributed by atoms with Gasteiger partial charge in [-0.2, -0.15) is 0 Å². The summed E-state index contributed by atoms with van der Waals surface area (Å²) in [5, 5.41) is 2.47. The van der Waals surface area contributed by atoms with Crippen molar-refractivity contribution < 1.29 is 9.53 Å². The molecule has 1 aromatic carbocycles. The van der Waals surface area contributed by atoms with Crippen molar-refractivity contribution in [2.75, 3.05) is 0 Å². The zero-order chi connectivity index (χ0) is 13.9. The molecule has 6 heteroatoms. The fourth-order valence-electron chi connectivity index (χ4n) is 1.90. The summed E-state index contributed by atoms with van der Waals surface area (Å²) in [5.41, 5.74) is 2.91. The van der Waals surface area contributed by atoms with Crippen molar-refractivity contribution in [2.45, 2.75) is 6.61 Å². The lowest BCUT2D eigenvalue weighted by Gasteiger charge is -2.06. The average molecular weight is 286 g/mol. The fourth-order valence-corrected chi connectivity index (χ4v) is 2.44. The normalized spacial score (nSPS) is 10.6. The molecule has 100 valence electrons. The standard InChI is InChI=1S/C14H10N2O3S/c17-13-5-11(10-3-1-2-4-12(10)16-13)14(18)19-6-9-7-20-8-15-9/h1-5,7-8H,6H2,(H,16,17). The molecule has 2 aromatic heterocycles. The number of hydrogen-bond acceptors (Lipinski definition) is 5. The first-order valence-corrected chi connectivity index (χ1v) is 6.84. The Bertz CT molecular complexity index is 809. The third-order valence-corrected chi connectivity index (χ3v) is 3.44. The minimum Gasteiger partial charge on any atom is -0.456 e. The zero-order valence-electron chi connectivity index (χ0n) is 10.3. The predicted octanol–water partition coefficient (Wildman–Crippen LogP) is 2.34. The Morgan fingerprint density at radius 2 is 2.20 bits per heavy atom. The summed E-state index contributed by atoms with van der Waals surface area (Å²) in [6, 6.07) is 8.37. The summed E-state index contributed by atoms with van der Waals surface area (Å²) < 4.78 is 5.19. The molecule has 5 nitrogen and oxygen atoms in total. The summed E-state index contributed by atoms with van der Waals surface area (Å²) in [4.78, 5) is 30.4. The Labute approximate surface area is 117 Å². The van der Waals surface area contributed by atoms with Crippen molar-refractivity contribution in [3.63, 3.8) is 0 Å². The second kappa shape index (κ2) is 5.26. The minimum absolute atomic E-state index is 0.101. The van der Waals surface area contributed by atoms with Crippen LogP contribution in [0.4, 0.5) is 0 Å². The highest BCUT2D eigenvalue weighted by Gasteiger charge is 2.13. The number of nitrogens with zero attached hydrogens (tertiary/aromatic N) is 1. The summed E-state index contributed by atoms with van der Waals surface area (Å²) in [6.07, 6.45) is 0. The highest BCUT2D eigenvalue weighted by molar-refractivity contribution is 7.07. The molecule has 0 unspecified atom stereocenters. The third-order valence-electron chi connectivity index (χ3n) is 2.81. The first kappa shape index (κ1) is 12.6. The zero-order valence-corrected chi connectivity index (χ0v) is 11.1. The van der Waals surface area contributed by atoms with Gasteiger partial charge in [-0.1, -0.05) is 18.2 Å². The van der Waals surface area contributed by atoms with Gasteiger partial charge in [0.1, 0.15) is 6.61 Å². The van der Waals surface area contributed by atoms with Gasteiger partial charge in [-0.3, -0.25) is 4.79 Å². The fraction of sp³-hybridized carbons (Fsp3) is 0.0714. The number of H-pyrrole nitrogens is 1. The monoisotopic (exact) mass is 286 g/mol. The number of carbonyl (C=O) groups excluding carboxylic acids is 1. The van der Waals surface area contributed by atoms with Gasteiger partial charge in [-0.05, 0) is 6.07 Å². The van der Waals surface area contributed by atoms with E-state index in [9.17, 15) is 9.59 Å². The van der Waals surface area contributed by atoms with Crippen LogP contribution < -0.4 is 5.56 Å². The van der Waals surface area contributed by atoms with Crippen LogP contribution in [0.5, 0.6) is 0 Å². The molecule has 0 saturated carbocycles. The van der Waals surface area contributed by atoms with E-state index in [1.54, 1.807) is 29.8 Å². The molecule has 3 aromatic rings. The van der Waals surface area contributed by atoms with Gasteiger partial charge in [0.15, 0.2) is 0 Å². The first-order valence-electron chi connectivity index (χ1n) is 5.90. The summed E-state index contributed by atoms with van der Waals surface area (Å²) >= 11 is 1.43. The number of aromatic nitrogens is 2.